The Morgan fingerprint density at radius 2 is 1.91 bits per heavy atom. The van der Waals surface area contributed by atoms with Crippen LogP contribution in [0.15, 0.2) is 36.4 Å². The number of fused-ring (bicyclic) bond motifs is 1. The van der Waals surface area contributed by atoms with Crippen molar-refractivity contribution in [2.45, 2.75) is 27.2 Å². The average molecular weight is 303 g/mol. The van der Waals surface area contributed by atoms with Crippen molar-refractivity contribution in [2.24, 2.45) is 5.41 Å². The number of esters is 1. The average Bonchev–Trinajstić information content (AvgIpc) is 2.55. The minimum atomic E-state index is -0.882. The summed E-state index contributed by atoms with van der Waals surface area (Å²) in [6.07, 6.45) is -0.217. The van der Waals surface area contributed by atoms with Crippen molar-refractivity contribution in [3.8, 4) is 5.75 Å². The molecule has 0 atom stereocenters. The summed E-state index contributed by atoms with van der Waals surface area (Å²) in [6.45, 7) is 5.59. The van der Waals surface area contributed by atoms with Gasteiger partial charge in [-0.25, -0.2) is 4.79 Å². The van der Waals surface area contributed by atoms with Gasteiger partial charge in [0.1, 0.15) is 5.75 Å². The van der Waals surface area contributed by atoms with Crippen LogP contribution in [-0.4, -0.2) is 17.2 Å². The summed E-state index contributed by atoms with van der Waals surface area (Å²) < 4.78 is 12.2. The van der Waals surface area contributed by atoms with Crippen LogP contribution in [0.4, 0.5) is 10.5 Å². The molecule has 0 aliphatic rings. The van der Waals surface area contributed by atoms with Gasteiger partial charge >= 0.3 is 12.1 Å². The minimum absolute atomic E-state index is 0.309. The van der Waals surface area contributed by atoms with Crippen LogP contribution in [0.1, 0.15) is 27.2 Å². The molecule has 2 aromatic carbocycles. The second-order valence-electron chi connectivity index (χ2n) is 5.70. The fraction of sp³-hybridized carbons (Fsp3) is 0.294. The highest BCUT2D eigenvalue weighted by atomic mass is 16.5. The summed E-state index contributed by atoms with van der Waals surface area (Å²) in [5.74, 6) is 0.119. The Morgan fingerprint density at radius 1 is 1.23 bits per heavy atom. The maximum atomic E-state index is 12.3. The number of carboxylic acid groups (broad SMARTS) is 1. The van der Waals surface area contributed by atoms with Crippen LogP contribution in [0.25, 0.3) is 12.2 Å². The van der Waals surface area contributed by atoms with Crippen molar-refractivity contribution >= 4 is 28.5 Å². The van der Waals surface area contributed by atoms with E-state index in [1.807, 2.05) is 20.8 Å². The first-order chi connectivity index (χ1) is 10.9. The zero-order valence-electron chi connectivity index (χ0n) is 13.8. The summed E-state index contributed by atoms with van der Waals surface area (Å²) in [7, 11) is 0. The van der Waals surface area contributed by atoms with Gasteiger partial charge in [0.05, 0.1) is 11.1 Å². The number of ether oxygens (including phenoxy) is 1. The van der Waals surface area contributed by atoms with Gasteiger partial charge in [-0.3, -0.25) is 10.1 Å². The van der Waals surface area contributed by atoms with E-state index in [1.165, 1.54) is 0 Å². The van der Waals surface area contributed by atoms with E-state index in [-0.39, 0.29) is 5.97 Å². The molecule has 116 valence electrons. The predicted octanol–water partition coefficient (Wildman–Crippen LogP) is 4.27. The van der Waals surface area contributed by atoms with Crippen molar-refractivity contribution in [2.75, 3.05) is 5.32 Å². The summed E-state index contributed by atoms with van der Waals surface area (Å²) in [5.41, 5.74) is -0.0973. The van der Waals surface area contributed by atoms with Gasteiger partial charge in [-0.05, 0) is 32.4 Å². The third kappa shape index (κ3) is 3.19. The van der Waals surface area contributed by atoms with Crippen LogP contribution in [0, 0.1) is 5.41 Å². The molecule has 0 radical (unpaired) electrons. The lowest BCUT2D eigenvalue weighted by Crippen LogP contribution is -2.28. The molecule has 0 unspecified atom stereocenters. The maximum absolute atomic E-state index is 12.3. The van der Waals surface area contributed by atoms with E-state index in [2.05, 4.69) is 10.4 Å². The number of amides is 1. The number of hydrogen-bond acceptors (Lipinski definition) is 4. The van der Waals surface area contributed by atoms with Crippen LogP contribution in [0.2, 0.25) is 0 Å². The molecule has 2 rings (SSSR count). The number of carbonyl (C=O) groups is 2. The van der Waals surface area contributed by atoms with E-state index in [0.717, 1.165) is 0 Å². The van der Waals surface area contributed by atoms with Gasteiger partial charge in [-0.1, -0.05) is 31.2 Å². The summed E-state index contributed by atoms with van der Waals surface area (Å²) in [6, 6.07) is 10.4. The molecule has 1 amide bonds. The Labute approximate surface area is 130 Å². The third-order valence-corrected chi connectivity index (χ3v) is 3.76. The number of carbonyl (C=O) groups excluding carboxylic acids is 1. The molecule has 0 fully saturated rings. The zero-order valence-corrected chi connectivity index (χ0v) is 12.8. The highest BCUT2D eigenvalue weighted by molar-refractivity contribution is 6.02. The zero-order chi connectivity index (χ0) is 17.0. The topological polar surface area (TPSA) is 75.6 Å². The SMILES string of the molecule is [3H]OC(=O)Nc1cccc2c(OC(=O)C(C)(C)CC)cccc12. The molecule has 22 heavy (non-hydrogen) atoms. The molecule has 0 aliphatic heterocycles. The van der Waals surface area contributed by atoms with Gasteiger partial charge in [0.2, 0.25) is 0 Å². The predicted molar refractivity (Wildman–Crippen MR) is 85.3 cm³/mol. The van der Waals surface area contributed by atoms with Crippen LogP contribution in [0.5, 0.6) is 5.75 Å². The van der Waals surface area contributed by atoms with E-state index in [9.17, 15) is 9.59 Å². The fourth-order valence-corrected chi connectivity index (χ4v) is 1.97. The minimum Gasteiger partial charge on any atom is -0.465 e. The molecule has 0 spiro atoms. The largest absolute Gasteiger partial charge is 0.465 e. The summed E-state index contributed by atoms with van der Waals surface area (Å²) >= 11 is 0. The molecule has 5 nitrogen and oxygen atoms in total. The van der Waals surface area contributed by atoms with Crippen LogP contribution < -0.4 is 10.1 Å². The molecule has 0 heterocycles. The molecule has 0 saturated carbocycles. The lowest BCUT2D eigenvalue weighted by Gasteiger charge is -2.20. The number of rotatable bonds is 4. The first kappa shape index (κ1) is 14.4. The van der Waals surface area contributed by atoms with Crippen molar-refractivity contribution in [3.63, 3.8) is 0 Å². The number of nitrogens with one attached hydrogen (secondary N) is 1. The highest BCUT2D eigenvalue weighted by Crippen LogP contribution is 2.32. The van der Waals surface area contributed by atoms with Crippen molar-refractivity contribution in [1.82, 2.24) is 0 Å². The van der Waals surface area contributed by atoms with Crippen molar-refractivity contribution in [1.29, 1.82) is 1.43 Å². The molecule has 5 heteroatoms. The van der Waals surface area contributed by atoms with Crippen LogP contribution in [-0.2, 0) is 4.79 Å². The monoisotopic (exact) mass is 303 g/mol. The molecular weight excluding hydrogens is 282 g/mol. The molecule has 0 aromatic heterocycles. The van der Waals surface area contributed by atoms with Crippen LogP contribution in [0.3, 0.4) is 0 Å². The number of hydrogen-bond donors (Lipinski definition) is 2. The third-order valence-electron chi connectivity index (χ3n) is 3.76. The van der Waals surface area contributed by atoms with Gasteiger partial charge in [0, 0.05) is 10.8 Å². The van der Waals surface area contributed by atoms with Crippen molar-refractivity contribution in [3.05, 3.63) is 36.4 Å². The Balaban J connectivity index is 2.41. The smallest absolute Gasteiger partial charge is 0.409 e. The van der Waals surface area contributed by atoms with E-state index < -0.39 is 11.5 Å². The summed E-state index contributed by atoms with van der Waals surface area (Å²) in [4.78, 5) is 23.5. The van der Waals surface area contributed by atoms with Gasteiger partial charge in [0.25, 0.3) is 1.43 Å². The standard InChI is InChI=1S/C17H19NO4/c1-4-17(2,3)15(19)22-14-10-6-7-11-12(14)8-5-9-13(11)18-16(20)21/h5-10,18H,4H2,1-3H3,(H,20,21)/i/hT. The summed E-state index contributed by atoms with van der Waals surface area (Å²) in [5, 5.41) is 7.72. The molecule has 2 N–H and O–H groups in total. The number of anilines is 1. The first-order valence-corrected chi connectivity index (χ1v) is 7.07. The highest BCUT2D eigenvalue weighted by Gasteiger charge is 2.28. The lowest BCUT2D eigenvalue weighted by atomic mass is 9.90. The van der Waals surface area contributed by atoms with Gasteiger partial charge in [-0.2, -0.15) is 0 Å². The van der Waals surface area contributed by atoms with E-state index in [1.54, 1.807) is 36.4 Å². The molecule has 2 aromatic rings. The molecule has 0 aliphatic carbocycles. The molecule has 0 saturated heterocycles. The Kier molecular flexibility index (Phi) is 3.96. The normalized spacial score (nSPS) is 11.7. The van der Waals surface area contributed by atoms with Crippen LogP contribution >= 0.6 is 0 Å². The van der Waals surface area contributed by atoms with Gasteiger partial charge in [-0.15, -0.1) is 0 Å². The van der Waals surface area contributed by atoms with E-state index in [4.69, 9.17) is 6.17 Å². The lowest BCUT2D eigenvalue weighted by molar-refractivity contribution is -0.144. The maximum Gasteiger partial charge on any atom is 0.409 e. The quantitative estimate of drug-likeness (QED) is 0.653. The second-order valence-corrected chi connectivity index (χ2v) is 5.70. The Morgan fingerprint density at radius 3 is 2.59 bits per heavy atom. The Bertz CT molecular complexity index is 742. The first-order valence-electron chi connectivity index (χ1n) is 7.48. The molecular formula is C17H19NO4. The Hall–Kier alpha value is -2.56. The molecule has 0 bridgehead atoms. The van der Waals surface area contributed by atoms with Gasteiger partial charge in [0.15, 0.2) is 0 Å². The fourth-order valence-electron chi connectivity index (χ4n) is 1.97. The van der Waals surface area contributed by atoms with E-state index in [0.29, 0.717) is 28.6 Å². The second kappa shape index (κ2) is 6.05. The van der Waals surface area contributed by atoms with Gasteiger partial charge < -0.3 is 9.85 Å². The van der Waals surface area contributed by atoms with Crippen molar-refractivity contribution < 1.29 is 19.4 Å². The van der Waals surface area contributed by atoms with E-state index >= 15 is 0 Å². The number of benzene rings is 2.